The van der Waals surface area contributed by atoms with Crippen LogP contribution in [0.4, 0.5) is 0 Å². The fourth-order valence-electron chi connectivity index (χ4n) is 2.42. The van der Waals surface area contributed by atoms with Crippen LogP contribution in [0.1, 0.15) is 10.4 Å². The van der Waals surface area contributed by atoms with E-state index in [4.69, 9.17) is 14.2 Å². The summed E-state index contributed by atoms with van der Waals surface area (Å²) in [5.74, 6) is 0.562. The van der Waals surface area contributed by atoms with Crippen LogP contribution in [0.3, 0.4) is 0 Å². The molecule has 27 heavy (non-hydrogen) atoms. The number of nitrogens with zero attached hydrogens (tertiary/aromatic N) is 4. The molecule has 0 spiro atoms. The summed E-state index contributed by atoms with van der Waals surface area (Å²) in [4.78, 5) is 26.1. The van der Waals surface area contributed by atoms with E-state index in [2.05, 4.69) is 15.4 Å². The average Bonchev–Trinajstić information content (AvgIpc) is 3.37. The average molecular weight is 386 g/mol. The lowest BCUT2D eigenvalue weighted by Crippen LogP contribution is -2.20. The number of aromatic nitrogens is 4. The molecule has 0 aliphatic carbocycles. The first-order valence-corrected chi connectivity index (χ1v) is 8.97. The Bertz CT molecular complexity index is 970. The summed E-state index contributed by atoms with van der Waals surface area (Å²) in [6.45, 7) is 0.290. The largest absolute Gasteiger partial charge is 0.486 e. The van der Waals surface area contributed by atoms with Crippen molar-refractivity contribution in [3.05, 3.63) is 41.3 Å². The molecule has 0 bridgehead atoms. The van der Waals surface area contributed by atoms with Crippen LogP contribution in [0.2, 0.25) is 0 Å². The number of esters is 1. The smallest absolute Gasteiger partial charge is 0.330 e. The monoisotopic (exact) mass is 386 g/mol. The van der Waals surface area contributed by atoms with E-state index >= 15 is 0 Å². The molecule has 0 fully saturated rings. The Kier molecular flexibility index (Phi) is 4.79. The molecule has 138 valence electrons. The molecule has 0 N–H and O–H groups in total. The highest BCUT2D eigenvalue weighted by Crippen LogP contribution is 2.30. The van der Waals surface area contributed by atoms with E-state index in [0.717, 1.165) is 9.67 Å². The molecule has 1 aliphatic rings. The summed E-state index contributed by atoms with van der Waals surface area (Å²) in [6, 6.07) is 8.58. The molecule has 0 amide bonds. The minimum absolute atomic E-state index is 0.229. The van der Waals surface area contributed by atoms with Crippen LogP contribution in [-0.4, -0.2) is 51.8 Å². The van der Waals surface area contributed by atoms with E-state index < -0.39 is 5.97 Å². The molecule has 9 nitrogen and oxygen atoms in total. The molecule has 0 saturated heterocycles. The van der Waals surface area contributed by atoms with Gasteiger partial charge in [-0.2, -0.15) is 4.80 Å². The fourth-order valence-corrected chi connectivity index (χ4v) is 3.07. The molecule has 3 aromatic rings. The highest BCUT2D eigenvalue weighted by molar-refractivity contribution is 7.13. The van der Waals surface area contributed by atoms with Gasteiger partial charge in [-0.3, -0.25) is 4.79 Å². The van der Waals surface area contributed by atoms with Crippen molar-refractivity contribution < 1.29 is 23.8 Å². The first-order valence-electron chi connectivity index (χ1n) is 8.09. The number of hydrogen-bond donors (Lipinski definition) is 0. The SMILES string of the molecule is O=C(Cn1nnc(-c2cccs2)n1)OCC(=O)c1ccc2c(c1)OCCO2. The molecule has 0 radical (unpaired) electrons. The number of carbonyl (C=O) groups is 2. The molecular weight excluding hydrogens is 372 g/mol. The van der Waals surface area contributed by atoms with E-state index in [1.54, 1.807) is 18.2 Å². The van der Waals surface area contributed by atoms with Crippen molar-refractivity contribution in [2.75, 3.05) is 19.8 Å². The lowest BCUT2D eigenvalue weighted by Gasteiger charge is -2.18. The third-order valence-corrected chi connectivity index (χ3v) is 4.56. The lowest BCUT2D eigenvalue weighted by atomic mass is 10.1. The quantitative estimate of drug-likeness (QED) is 0.465. The van der Waals surface area contributed by atoms with Crippen molar-refractivity contribution in [3.63, 3.8) is 0 Å². The van der Waals surface area contributed by atoms with Crippen molar-refractivity contribution in [2.24, 2.45) is 0 Å². The molecule has 2 aromatic heterocycles. The minimum atomic E-state index is -0.629. The van der Waals surface area contributed by atoms with Gasteiger partial charge >= 0.3 is 5.97 Å². The molecule has 0 atom stereocenters. The number of ketones is 1. The van der Waals surface area contributed by atoms with Crippen molar-refractivity contribution >= 4 is 23.1 Å². The fraction of sp³-hybridized carbons (Fsp3) is 0.235. The summed E-state index contributed by atoms with van der Waals surface area (Å²) in [5, 5.41) is 13.7. The Hall–Kier alpha value is -3.27. The second-order valence-electron chi connectivity index (χ2n) is 5.56. The highest BCUT2D eigenvalue weighted by Gasteiger charge is 2.17. The molecule has 4 rings (SSSR count). The van der Waals surface area contributed by atoms with Gasteiger partial charge in [0.05, 0.1) is 4.88 Å². The standard InChI is InChI=1S/C17H14N4O5S/c22-12(11-3-4-13-14(8-11)25-6-5-24-13)10-26-16(23)9-21-19-17(18-20-21)15-2-1-7-27-15/h1-4,7-8H,5-6,9-10H2. The zero-order chi connectivity index (χ0) is 18.6. The predicted molar refractivity (Wildman–Crippen MR) is 93.9 cm³/mol. The maximum absolute atomic E-state index is 12.2. The van der Waals surface area contributed by atoms with Crippen molar-refractivity contribution in [3.8, 4) is 22.2 Å². The van der Waals surface area contributed by atoms with Crippen LogP contribution in [0.25, 0.3) is 10.7 Å². The number of Topliss-reactive ketones (excluding diaryl/α,β-unsaturated/α-hetero) is 1. The van der Waals surface area contributed by atoms with Gasteiger partial charge in [0.1, 0.15) is 13.2 Å². The molecular formula is C17H14N4O5S. The maximum Gasteiger partial charge on any atom is 0.330 e. The predicted octanol–water partition coefficient (Wildman–Crippen LogP) is 1.60. The Morgan fingerprint density at radius 1 is 1.19 bits per heavy atom. The van der Waals surface area contributed by atoms with Gasteiger partial charge in [-0.1, -0.05) is 6.07 Å². The van der Waals surface area contributed by atoms with E-state index in [-0.39, 0.29) is 18.9 Å². The second-order valence-corrected chi connectivity index (χ2v) is 6.51. The van der Waals surface area contributed by atoms with Gasteiger partial charge in [-0.05, 0) is 34.9 Å². The first kappa shape index (κ1) is 17.2. The summed E-state index contributed by atoms with van der Waals surface area (Å²) in [6.07, 6.45) is 0. The van der Waals surface area contributed by atoms with Crippen molar-refractivity contribution in [1.29, 1.82) is 0 Å². The molecule has 0 unspecified atom stereocenters. The Balaban J connectivity index is 1.32. The van der Waals surface area contributed by atoms with Crippen LogP contribution >= 0.6 is 11.3 Å². The summed E-state index contributed by atoms with van der Waals surface area (Å²) in [5.41, 5.74) is 0.380. The number of benzene rings is 1. The number of carbonyl (C=O) groups excluding carboxylic acids is 2. The molecule has 3 heterocycles. The van der Waals surface area contributed by atoms with Crippen LogP contribution < -0.4 is 9.47 Å². The maximum atomic E-state index is 12.2. The summed E-state index contributed by atoms with van der Waals surface area (Å²) < 4.78 is 15.9. The topological polar surface area (TPSA) is 105 Å². The normalized spacial score (nSPS) is 12.6. The number of thiophene rings is 1. The van der Waals surface area contributed by atoms with E-state index in [1.807, 2.05) is 17.5 Å². The van der Waals surface area contributed by atoms with Crippen LogP contribution in [-0.2, 0) is 16.1 Å². The molecule has 0 saturated carbocycles. The third-order valence-electron chi connectivity index (χ3n) is 3.69. The number of rotatable bonds is 6. The summed E-state index contributed by atoms with van der Waals surface area (Å²) in [7, 11) is 0. The van der Waals surface area contributed by atoms with Gasteiger partial charge in [0.15, 0.2) is 30.4 Å². The van der Waals surface area contributed by atoms with Gasteiger partial charge in [0.25, 0.3) is 0 Å². The van der Waals surface area contributed by atoms with Gasteiger partial charge in [-0.25, -0.2) is 4.79 Å². The number of hydrogen-bond acceptors (Lipinski definition) is 9. The first-order chi connectivity index (χ1) is 13.2. The molecule has 1 aromatic carbocycles. The zero-order valence-corrected chi connectivity index (χ0v) is 14.8. The van der Waals surface area contributed by atoms with E-state index in [1.165, 1.54) is 11.3 Å². The van der Waals surface area contributed by atoms with E-state index in [9.17, 15) is 9.59 Å². The summed E-state index contributed by atoms with van der Waals surface area (Å²) >= 11 is 1.47. The van der Waals surface area contributed by atoms with Gasteiger partial charge in [0.2, 0.25) is 5.82 Å². The Morgan fingerprint density at radius 3 is 2.85 bits per heavy atom. The molecule has 1 aliphatic heterocycles. The van der Waals surface area contributed by atoms with Crippen molar-refractivity contribution in [1.82, 2.24) is 20.2 Å². The number of ether oxygens (including phenoxy) is 3. The van der Waals surface area contributed by atoms with Gasteiger partial charge in [-0.15, -0.1) is 21.5 Å². The van der Waals surface area contributed by atoms with E-state index in [0.29, 0.717) is 36.1 Å². The number of tetrazole rings is 1. The zero-order valence-electron chi connectivity index (χ0n) is 14.0. The van der Waals surface area contributed by atoms with Crippen LogP contribution in [0, 0.1) is 0 Å². The third kappa shape index (κ3) is 3.95. The lowest BCUT2D eigenvalue weighted by molar-refractivity contribution is -0.143. The number of fused-ring (bicyclic) bond motifs is 1. The van der Waals surface area contributed by atoms with Crippen LogP contribution in [0.5, 0.6) is 11.5 Å². The van der Waals surface area contributed by atoms with Gasteiger partial charge in [0, 0.05) is 5.56 Å². The molecule has 10 heteroatoms. The Morgan fingerprint density at radius 2 is 2.04 bits per heavy atom. The Labute approximate surface area is 157 Å². The minimum Gasteiger partial charge on any atom is -0.486 e. The second kappa shape index (κ2) is 7.54. The highest BCUT2D eigenvalue weighted by atomic mass is 32.1. The van der Waals surface area contributed by atoms with Gasteiger partial charge < -0.3 is 14.2 Å². The van der Waals surface area contributed by atoms with Crippen molar-refractivity contribution in [2.45, 2.75) is 6.54 Å². The van der Waals surface area contributed by atoms with Crippen LogP contribution in [0.15, 0.2) is 35.7 Å².